The van der Waals surface area contributed by atoms with Crippen LogP contribution in [0.1, 0.15) is 37.1 Å². The number of ether oxygens (including phenoxy) is 1. The Morgan fingerprint density at radius 2 is 2.00 bits per heavy atom. The largest absolute Gasteiger partial charge is 0.364 e. The number of carbonyl (C=O) groups excluding carboxylic acids is 1. The van der Waals surface area contributed by atoms with E-state index in [4.69, 9.17) is 10.5 Å². The van der Waals surface area contributed by atoms with Crippen molar-refractivity contribution in [2.24, 2.45) is 5.73 Å². The quantitative estimate of drug-likeness (QED) is 0.771. The molecule has 1 aromatic carbocycles. The van der Waals surface area contributed by atoms with Gasteiger partial charge in [-0.05, 0) is 56.9 Å². The Balaban J connectivity index is 0.00000261. The van der Waals surface area contributed by atoms with Gasteiger partial charge in [-0.2, -0.15) is 0 Å². The van der Waals surface area contributed by atoms with E-state index in [1.165, 1.54) is 20.9 Å². The molecule has 4 nitrogen and oxygen atoms in total. The molecule has 3 rings (SSSR count). The van der Waals surface area contributed by atoms with Crippen molar-refractivity contribution in [2.75, 3.05) is 6.54 Å². The fourth-order valence-electron chi connectivity index (χ4n) is 3.39. The van der Waals surface area contributed by atoms with Gasteiger partial charge in [0.15, 0.2) is 0 Å². The molecule has 1 aliphatic rings. The van der Waals surface area contributed by atoms with E-state index >= 15 is 0 Å². The lowest BCUT2D eigenvalue weighted by atomic mass is 10.1. The molecule has 148 valence electrons. The highest BCUT2D eigenvalue weighted by atomic mass is 35.5. The van der Waals surface area contributed by atoms with Gasteiger partial charge in [0.1, 0.15) is 6.10 Å². The van der Waals surface area contributed by atoms with E-state index in [0.717, 1.165) is 12.8 Å². The van der Waals surface area contributed by atoms with Gasteiger partial charge in [0, 0.05) is 22.3 Å². The van der Waals surface area contributed by atoms with E-state index < -0.39 is 0 Å². The van der Waals surface area contributed by atoms with Crippen LogP contribution in [0.25, 0.3) is 10.4 Å². The zero-order valence-corrected chi connectivity index (χ0v) is 17.8. The summed E-state index contributed by atoms with van der Waals surface area (Å²) in [5, 5.41) is 0. The maximum atomic E-state index is 12.9. The highest BCUT2D eigenvalue weighted by Crippen LogP contribution is 2.32. The maximum Gasteiger partial charge on any atom is 0.252 e. The molecule has 2 atom stereocenters. The minimum atomic E-state index is -0.346. The zero-order valence-electron chi connectivity index (χ0n) is 16.2. The van der Waals surface area contributed by atoms with Crippen molar-refractivity contribution in [3.05, 3.63) is 46.8 Å². The fraction of sp³-hybridized carbons (Fsp3) is 0.476. The van der Waals surface area contributed by atoms with Crippen LogP contribution in [0.5, 0.6) is 0 Å². The predicted octanol–water partition coefficient (Wildman–Crippen LogP) is 4.39. The molecule has 0 saturated carbocycles. The highest BCUT2D eigenvalue weighted by Gasteiger charge is 2.34. The summed E-state index contributed by atoms with van der Waals surface area (Å²) in [5.41, 5.74) is 8.21. The molecule has 0 radical (unpaired) electrons. The van der Waals surface area contributed by atoms with E-state index in [1.807, 2.05) is 4.90 Å². The molecule has 1 aliphatic heterocycles. The van der Waals surface area contributed by atoms with Crippen molar-refractivity contribution in [1.82, 2.24) is 4.90 Å². The van der Waals surface area contributed by atoms with Crippen molar-refractivity contribution in [3.8, 4) is 10.4 Å². The third kappa shape index (κ3) is 5.11. The number of rotatable bonds is 6. The molecule has 1 amide bonds. The molecule has 27 heavy (non-hydrogen) atoms. The number of benzene rings is 1. The fourth-order valence-corrected chi connectivity index (χ4v) is 4.48. The van der Waals surface area contributed by atoms with Gasteiger partial charge in [-0.15, -0.1) is 23.7 Å². The molecule has 1 aromatic heterocycles. The lowest BCUT2D eigenvalue weighted by Gasteiger charge is -2.29. The standard InChI is InChI=1S/C21H28N2O2S.ClH/c1-14(2)23(21(24)19-10-8-16(12-22)25-19)13-17-9-11-20(26-17)18-7-5-4-6-15(18)3;/h4-7,9,11,14,16,19H,8,10,12-13,22H2,1-3H3;1H/t16-,19+;/m1./s1. The van der Waals surface area contributed by atoms with Crippen LogP contribution in [0.15, 0.2) is 36.4 Å². The van der Waals surface area contributed by atoms with Crippen molar-refractivity contribution in [3.63, 3.8) is 0 Å². The molecule has 0 unspecified atom stereocenters. The van der Waals surface area contributed by atoms with Gasteiger partial charge in [0.05, 0.1) is 12.6 Å². The van der Waals surface area contributed by atoms with Crippen LogP contribution in [0, 0.1) is 6.92 Å². The first-order chi connectivity index (χ1) is 12.5. The second kappa shape index (κ2) is 9.69. The van der Waals surface area contributed by atoms with Crippen molar-refractivity contribution < 1.29 is 9.53 Å². The third-order valence-electron chi connectivity index (χ3n) is 4.95. The van der Waals surface area contributed by atoms with Crippen LogP contribution < -0.4 is 5.73 Å². The summed E-state index contributed by atoms with van der Waals surface area (Å²) in [6.07, 6.45) is 1.31. The number of hydrogen-bond donors (Lipinski definition) is 1. The Morgan fingerprint density at radius 1 is 1.26 bits per heavy atom. The number of amides is 1. The van der Waals surface area contributed by atoms with Gasteiger partial charge >= 0.3 is 0 Å². The van der Waals surface area contributed by atoms with Crippen LogP contribution in [0.2, 0.25) is 0 Å². The first-order valence-electron chi connectivity index (χ1n) is 9.30. The minimum absolute atomic E-state index is 0. The lowest BCUT2D eigenvalue weighted by Crippen LogP contribution is -2.43. The van der Waals surface area contributed by atoms with Gasteiger partial charge in [-0.25, -0.2) is 0 Å². The molecule has 0 bridgehead atoms. The number of aryl methyl sites for hydroxylation is 1. The maximum absolute atomic E-state index is 12.9. The summed E-state index contributed by atoms with van der Waals surface area (Å²) < 4.78 is 5.82. The monoisotopic (exact) mass is 408 g/mol. The number of nitrogens with zero attached hydrogens (tertiary/aromatic N) is 1. The minimum Gasteiger partial charge on any atom is -0.364 e. The van der Waals surface area contributed by atoms with Crippen molar-refractivity contribution >= 4 is 29.7 Å². The molecular formula is C21H29ClN2O2S. The smallest absolute Gasteiger partial charge is 0.252 e. The SMILES string of the molecule is Cc1ccccc1-c1ccc(CN(C(=O)[C@@H]2CC[C@H](CN)O2)C(C)C)s1.Cl. The van der Waals surface area contributed by atoms with Gasteiger partial charge in [0.25, 0.3) is 5.91 Å². The van der Waals surface area contributed by atoms with Crippen LogP contribution in [-0.2, 0) is 16.1 Å². The Hall–Kier alpha value is -1.40. The molecular weight excluding hydrogens is 380 g/mol. The molecule has 1 saturated heterocycles. The third-order valence-corrected chi connectivity index (χ3v) is 6.05. The average Bonchev–Trinajstić information content (AvgIpc) is 3.28. The number of thiophene rings is 1. The average molecular weight is 409 g/mol. The summed E-state index contributed by atoms with van der Waals surface area (Å²) in [4.78, 5) is 17.3. The summed E-state index contributed by atoms with van der Waals surface area (Å²) in [6, 6.07) is 12.8. The summed E-state index contributed by atoms with van der Waals surface area (Å²) in [6.45, 7) is 7.35. The molecule has 0 spiro atoms. The van der Waals surface area contributed by atoms with Gasteiger partial charge < -0.3 is 15.4 Å². The number of carbonyl (C=O) groups is 1. The Morgan fingerprint density at radius 3 is 2.63 bits per heavy atom. The topological polar surface area (TPSA) is 55.6 Å². The second-order valence-electron chi connectivity index (χ2n) is 7.20. The summed E-state index contributed by atoms with van der Waals surface area (Å²) in [5.74, 6) is 0.0850. The van der Waals surface area contributed by atoms with Gasteiger partial charge in [0.2, 0.25) is 0 Å². The molecule has 1 fully saturated rings. The van der Waals surface area contributed by atoms with E-state index in [9.17, 15) is 4.79 Å². The highest BCUT2D eigenvalue weighted by molar-refractivity contribution is 7.15. The van der Waals surface area contributed by atoms with Gasteiger partial charge in [-0.3, -0.25) is 4.79 Å². The van der Waals surface area contributed by atoms with Crippen LogP contribution in [0.3, 0.4) is 0 Å². The van der Waals surface area contributed by atoms with E-state index in [2.05, 4.69) is 57.2 Å². The van der Waals surface area contributed by atoms with E-state index in [1.54, 1.807) is 11.3 Å². The normalized spacial score (nSPS) is 19.1. The van der Waals surface area contributed by atoms with Crippen LogP contribution in [0.4, 0.5) is 0 Å². The van der Waals surface area contributed by atoms with E-state index in [-0.39, 0.29) is 36.6 Å². The predicted molar refractivity (Wildman–Crippen MR) is 114 cm³/mol. The van der Waals surface area contributed by atoms with Crippen LogP contribution in [-0.4, -0.2) is 35.6 Å². The van der Waals surface area contributed by atoms with Crippen molar-refractivity contribution in [1.29, 1.82) is 0 Å². The Labute approximate surface area is 172 Å². The Bertz CT molecular complexity index is 762. The van der Waals surface area contributed by atoms with Crippen molar-refractivity contribution in [2.45, 2.75) is 58.4 Å². The summed E-state index contributed by atoms with van der Waals surface area (Å²) >= 11 is 1.76. The number of hydrogen-bond acceptors (Lipinski definition) is 4. The molecule has 0 aliphatic carbocycles. The second-order valence-corrected chi connectivity index (χ2v) is 8.37. The Kier molecular flexibility index (Phi) is 7.86. The van der Waals surface area contributed by atoms with Gasteiger partial charge in [-0.1, -0.05) is 24.3 Å². The first-order valence-corrected chi connectivity index (χ1v) is 10.1. The molecule has 2 aromatic rings. The lowest BCUT2D eigenvalue weighted by molar-refractivity contribution is -0.145. The number of nitrogens with two attached hydrogens (primary N) is 1. The zero-order chi connectivity index (χ0) is 18.7. The number of halogens is 1. The molecule has 2 heterocycles. The first kappa shape index (κ1) is 21.9. The van der Waals surface area contributed by atoms with Crippen LogP contribution >= 0.6 is 23.7 Å². The molecule has 2 N–H and O–H groups in total. The molecule has 6 heteroatoms. The van der Waals surface area contributed by atoms with E-state index in [0.29, 0.717) is 13.1 Å². The summed E-state index contributed by atoms with van der Waals surface area (Å²) in [7, 11) is 0.